The molecule has 6 atom stereocenters. The van der Waals surface area contributed by atoms with E-state index in [2.05, 4.69) is 93.7 Å². The van der Waals surface area contributed by atoms with Crippen LogP contribution in [-0.2, 0) is 13.6 Å². The monoisotopic (exact) mass is 574 g/mol. The molecule has 5 heteroatoms. The van der Waals surface area contributed by atoms with Gasteiger partial charge >= 0.3 is 0 Å². The van der Waals surface area contributed by atoms with Crippen LogP contribution in [-0.4, -0.2) is 35.1 Å². The predicted molar refractivity (Wildman–Crippen MR) is 172 cm³/mol. The molecule has 3 nitrogen and oxygen atoms in total. The zero-order chi connectivity index (χ0) is 29.4. The minimum Gasteiger partial charge on any atom is -0.414 e. The molecule has 0 aromatic rings. The van der Waals surface area contributed by atoms with Crippen molar-refractivity contribution in [3.8, 4) is 0 Å². The van der Waals surface area contributed by atoms with E-state index in [1.165, 1.54) is 37.7 Å². The topological polar surface area (TPSA) is 35.5 Å². The molecular weight excluding hydrogens is 513 g/mol. The van der Waals surface area contributed by atoms with Crippen LogP contribution in [0, 0.1) is 23.2 Å². The Morgan fingerprint density at radius 3 is 1.95 bits per heavy atom. The minimum atomic E-state index is -1.87. The largest absolute Gasteiger partial charge is 0.414 e. The van der Waals surface area contributed by atoms with Crippen molar-refractivity contribution in [1.29, 1.82) is 0 Å². The third kappa shape index (κ3) is 7.48. The normalized spacial score (nSPS) is 32.7. The van der Waals surface area contributed by atoms with E-state index >= 15 is 0 Å². The summed E-state index contributed by atoms with van der Waals surface area (Å²) in [6.45, 7) is 28.5. The molecule has 0 amide bonds. The molecule has 3 saturated carbocycles. The Morgan fingerprint density at radius 1 is 0.923 bits per heavy atom. The standard InChI is InChI=1S/C34H62O3Si2/c1-25(19-21-35)30-17-18-31-27(14-13-20-34(30,31)8)16-15-26-22-28(36-38(9,10)32(2,3)4)24-29(23-26)37-39(11,12)33(5,6)7/h15-16,21,25,28-31H,13-14,17-20,22-24H2,1-12H3/b27-16+/t25?,28-,29-,30-,31+,34-/m1/s1. The van der Waals surface area contributed by atoms with Crippen molar-refractivity contribution in [2.45, 2.75) is 162 Å². The molecule has 0 N–H and O–H groups in total. The predicted octanol–water partition coefficient (Wildman–Crippen LogP) is 10.2. The van der Waals surface area contributed by atoms with E-state index in [9.17, 15) is 4.79 Å². The molecule has 0 radical (unpaired) electrons. The van der Waals surface area contributed by atoms with E-state index < -0.39 is 16.6 Å². The lowest BCUT2D eigenvalue weighted by Crippen LogP contribution is -2.48. The van der Waals surface area contributed by atoms with Crippen LogP contribution in [0.1, 0.15) is 113 Å². The first-order chi connectivity index (χ1) is 17.8. The SMILES string of the molecule is CC(CC=O)[C@H]1CC[C@H]2/C(=C/C=C3C[C@@H](O[Si](C)(C)C(C)(C)C)C[C@H](O[Si](C)(C)C(C)(C)C)C3)CCC[C@]12C. The molecule has 0 spiro atoms. The van der Waals surface area contributed by atoms with E-state index in [-0.39, 0.29) is 22.3 Å². The lowest BCUT2D eigenvalue weighted by molar-refractivity contribution is -0.109. The molecule has 0 heterocycles. The highest BCUT2D eigenvalue weighted by molar-refractivity contribution is 6.74. The maximum atomic E-state index is 11.3. The first kappa shape index (κ1) is 33.0. The van der Waals surface area contributed by atoms with Gasteiger partial charge in [0.1, 0.15) is 6.29 Å². The van der Waals surface area contributed by atoms with Crippen molar-refractivity contribution in [1.82, 2.24) is 0 Å². The fraction of sp³-hybridized carbons (Fsp3) is 0.853. The van der Waals surface area contributed by atoms with Crippen LogP contribution in [0.5, 0.6) is 0 Å². The van der Waals surface area contributed by atoms with E-state index in [1.54, 1.807) is 5.57 Å². The van der Waals surface area contributed by atoms with Gasteiger partial charge in [-0.3, -0.25) is 0 Å². The summed E-state index contributed by atoms with van der Waals surface area (Å²) >= 11 is 0. The van der Waals surface area contributed by atoms with Crippen LogP contribution in [0.15, 0.2) is 23.3 Å². The van der Waals surface area contributed by atoms with Crippen molar-refractivity contribution in [3.63, 3.8) is 0 Å². The lowest BCUT2D eigenvalue weighted by Gasteiger charge is -2.45. The molecule has 39 heavy (non-hydrogen) atoms. The van der Waals surface area contributed by atoms with Crippen molar-refractivity contribution >= 4 is 22.9 Å². The number of hydrogen-bond donors (Lipinski definition) is 0. The van der Waals surface area contributed by atoms with Crippen LogP contribution in [0.2, 0.25) is 36.3 Å². The number of aldehydes is 1. The molecule has 0 aliphatic heterocycles. The summed E-state index contributed by atoms with van der Waals surface area (Å²) in [6, 6.07) is 0. The van der Waals surface area contributed by atoms with Gasteiger partial charge in [-0.2, -0.15) is 0 Å². The van der Waals surface area contributed by atoms with E-state index in [0.717, 1.165) is 25.5 Å². The fourth-order valence-electron chi connectivity index (χ4n) is 7.39. The van der Waals surface area contributed by atoms with Crippen molar-refractivity contribution < 1.29 is 13.6 Å². The van der Waals surface area contributed by atoms with Gasteiger partial charge in [0.25, 0.3) is 0 Å². The van der Waals surface area contributed by atoms with Crippen molar-refractivity contribution in [2.24, 2.45) is 23.2 Å². The van der Waals surface area contributed by atoms with E-state index in [4.69, 9.17) is 8.85 Å². The summed E-state index contributed by atoms with van der Waals surface area (Å²) in [7, 11) is -3.73. The number of hydrogen-bond acceptors (Lipinski definition) is 3. The minimum absolute atomic E-state index is 0.207. The zero-order valence-corrected chi connectivity index (χ0v) is 29.7. The van der Waals surface area contributed by atoms with Gasteiger partial charge in [0.2, 0.25) is 0 Å². The van der Waals surface area contributed by atoms with Crippen molar-refractivity contribution in [3.05, 3.63) is 23.3 Å². The Kier molecular flexibility index (Phi) is 10.2. The second kappa shape index (κ2) is 12.0. The van der Waals surface area contributed by atoms with Gasteiger partial charge in [-0.05, 0) is 111 Å². The lowest BCUT2D eigenvalue weighted by atomic mass is 9.61. The fourth-order valence-corrected chi connectivity index (χ4v) is 10.1. The Bertz CT molecular complexity index is 882. The zero-order valence-electron chi connectivity index (χ0n) is 27.7. The number of carbonyl (C=O) groups excluding carboxylic acids is 1. The Hall–Kier alpha value is -0.496. The second-order valence-corrected chi connectivity index (χ2v) is 26.2. The Labute approximate surface area is 244 Å². The van der Waals surface area contributed by atoms with E-state index in [0.29, 0.717) is 29.6 Å². The first-order valence-corrected chi connectivity index (χ1v) is 21.8. The van der Waals surface area contributed by atoms with E-state index in [1.807, 2.05) is 0 Å². The van der Waals surface area contributed by atoms with Crippen LogP contribution in [0.25, 0.3) is 0 Å². The Morgan fingerprint density at radius 2 is 1.46 bits per heavy atom. The van der Waals surface area contributed by atoms with Gasteiger partial charge in [0, 0.05) is 6.42 Å². The molecule has 0 aromatic carbocycles. The van der Waals surface area contributed by atoms with Gasteiger partial charge in [-0.15, -0.1) is 0 Å². The van der Waals surface area contributed by atoms with Crippen LogP contribution in [0.4, 0.5) is 0 Å². The van der Waals surface area contributed by atoms with Crippen LogP contribution >= 0.6 is 0 Å². The third-order valence-corrected chi connectivity index (χ3v) is 20.8. The molecule has 1 unspecified atom stereocenters. The maximum absolute atomic E-state index is 11.3. The first-order valence-electron chi connectivity index (χ1n) is 16.0. The summed E-state index contributed by atoms with van der Waals surface area (Å²) in [4.78, 5) is 11.3. The number of allylic oxidation sites excluding steroid dienone is 3. The highest BCUT2D eigenvalue weighted by atomic mass is 28.4. The smallest absolute Gasteiger partial charge is 0.192 e. The molecular formula is C34H62O3Si2. The molecule has 0 saturated heterocycles. The number of rotatable bonds is 8. The van der Waals surface area contributed by atoms with Gasteiger partial charge in [-0.25, -0.2) is 0 Å². The second-order valence-electron chi connectivity index (χ2n) is 16.7. The van der Waals surface area contributed by atoms with Gasteiger partial charge in [0.15, 0.2) is 16.6 Å². The maximum Gasteiger partial charge on any atom is 0.192 e. The van der Waals surface area contributed by atoms with Gasteiger partial charge in [-0.1, -0.05) is 78.7 Å². The third-order valence-electron chi connectivity index (χ3n) is 11.8. The average Bonchev–Trinajstić information content (AvgIpc) is 3.13. The summed E-state index contributed by atoms with van der Waals surface area (Å²) in [5.74, 6) is 1.84. The molecule has 0 aromatic heterocycles. The van der Waals surface area contributed by atoms with Gasteiger partial charge in [0.05, 0.1) is 12.2 Å². The average molecular weight is 575 g/mol. The molecule has 224 valence electrons. The van der Waals surface area contributed by atoms with Crippen LogP contribution < -0.4 is 0 Å². The van der Waals surface area contributed by atoms with Gasteiger partial charge < -0.3 is 13.6 Å². The molecule has 3 aliphatic carbocycles. The summed E-state index contributed by atoms with van der Waals surface area (Å²) in [6.07, 6.45) is 16.8. The number of fused-ring (bicyclic) bond motifs is 1. The molecule has 0 bridgehead atoms. The van der Waals surface area contributed by atoms with Crippen molar-refractivity contribution in [2.75, 3.05) is 0 Å². The highest BCUT2D eigenvalue weighted by Gasteiger charge is 2.50. The molecule has 3 rings (SSSR count). The summed E-state index contributed by atoms with van der Waals surface area (Å²) in [5.41, 5.74) is 3.52. The summed E-state index contributed by atoms with van der Waals surface area (Å²) < 4.78 is 14.1. The molecule has 3 aliphatic rings. The highest BCUT2D eigenvalue weighted by Crippen LogP contribution is 2.59. The number of carbonyl (C=O) groups is 1. The Balaban J connectivity index is 1.86. The molecule has 3 fully saturated rings. The van der Waals surface area contributed by atoms with Crippen LogP contribution in [0.3, 0.4) is 0 Å². The summed E-state index contributed by atoms with van der Waals surface area (Å²) in [5, 5.41) is 0.414. The quantitative estimate of drug-likeness (QED) is 0.214.